The van der Waals surface area contributed by atoms with Crippen LogP contribution in [0.5, 0.6) is 0 Å². The van der Waals surface area contributed by atoms with Gasteiger partial charge in [0.2, 0.25) is 5.91 Å². The Morgan fingerprint density at radius 3 is 2.84 bits per heavy atom. The van der Waals surface area contributed by atoms with Crippen molar-refractivity contribution in [2.24, 2.45) is 5.92 Å². The van der Waals surface area contributed by atoms with Gasteiger partial charge in [0.25, 0.3) is 0 Å². The predicted molar refractivity (Wildman–Crippen MR) is 85.9 cm³/mol. The molecule has 106 valence electrons. The van der Waals surface area contributed by atoms with Crippen LogP contribution in [0, 0.1) is 5.92 Å². The van der Waals surface area contributed by atoms with Crippen LogP contribution in [0.3, 0.4) is 0 Å². The summed E-state index contributed by atoms with van der Waals surface area (Å²) in [6.07, 6.45) is 1.41. The molecule has 0 bridgehead atoms. The number of benzene rings is 1. The molecule has 1 aromatic carbocycles. The Labute approximate surface area is 124 Å². The molecule has 1 amide bonds. The highest BCUT2D eigenvalue weighted by Crippen LogP contribution is 2.22. The van der Waals surface area contributed by atoms with Crippen LogP contribution in [0.1, 0.15) is 26.7 Å². The fraction of sp³-hybridized carbons (Fsp3) is 0.500. The van der Waals surface area contributed by atoms with E-state index in [1.165, 1.54) is 0 Å². The summed E-state index contributed by atoms with van der Waals surface area (Å²) in [5.74, 6) is 2.86. The van der Waals surface area contributed by atoms with Gasteiger partial charge in [-0.3, -0.25) is 4.79 Å². The number of amides is 1. The molecule has 0 radical (unpaired) electrons. The van der Waals surface area contributed by atoms with E-state index in [2.05, 4.69) is 19.2 Å². The molecule has 0 aliphatic heterocycles. The van der Waals surface area contributed by atoms with Gasteiger partial charge in [0, 0.05) is 11.4 Å². The number of nitrogens with two attached hydrogens (primary N) is 1. The van der Waals surface area contributed by atoms with Gasteiger partial charge >= 0.3 is 0 Å². The minimum Gasteiger partial charge on any atom is -0.397 e. The zero-order valence-corrected chi connectivity index (χ0v) is 13.0. The Balaban J connectivity index is 2.27. The van der Waals surface area contributed by atoms with E-state index in [0.29, 0.717) is 28.7 Å². The largest absolute Gasteiger partial charge is 0.397 e. The minimum atomic E-state index is -0.000769. The Kier molecular flexibility index (Phi) is 7.10. The van der Waals surface area contributed by atoms with Crippen molar-refractivity contribution < 1.29 is 4.79 Å². The van der Waals surface area contributed by atoms with Crippen molar-refractivity contribution in [1.29, 1.82) is 0 Å². The van der Waals surface area contributed by atoms with Crippen molar-refractivity contribution in [1.82, 2.24) is 0 Å². The molecule has 0 aliphatic rings. The lowest BCUT2D eigenvalue weighted by atomic mass is 10.2. The number of thioether (sulfide) groups is 1. The molecule has 1 aromatic rings. The molecule has 0 atom stereocenters. The second kappa shape index (κ2) is 8.33. The average molecular weight is 301 g/mol. The number of hydrogen-bond donors (Lipinski definition) is 2. The van der Waals surface area contributed by atoms with Crippen molar-refractivity contribution in [2.75, 3.05) is 22.6 Å². The van der Waals surface area contributed by atoms with Crippen LogP contribution < -0.4 is 11.1 Å². The number of rotatable bonds is 7. The smallest absolute Gasteiger partial charge is 0.224 e. The summed E-state index contributed by atoms with van der Waals surface area (Å²) < 4.78 is 0. The lowest BCUT2D eigenvalue weighted by molar-refractivity contribution is -0.116. The van der Waals surface area contributed by atoms with Gasteiger partial charge in [-0.25, -0.2) is 0 Å². The van der Waals surface area contributed by atoms with Gasteiger partial charge in [-0.2, -0.15) is 11.8 Å². The first kappa shape index (κ1) is 16.2. The highest BCUT2D eigenvalue weighted by molar-refractivity contribution is 7.99. The van der Waals surface area contributed by atoms with Gasteiger partial charge in [-0.05, 0) is 42.0 Å². The van der Waals surface area contributed by atoms with Crippen LogP contribution in [0.4, 0.5) is 11.4 Å². The van der Waals surface area contributed by atoms with Crippen LogP contribution in [-0.4, -0.2) is 17.4 Å². The monoisotopic (exact) mass is 300 g/mol. The van der Waals surface area contributed by atoms with E-state index in [1.54, 1.807) is 18.2 Å². The molecule has 0 aliphatic carbocycles. The van der Waals surface area contributed by atoms with Gasteiger partial charge in [0.1, 0.15) is 0 Å². The third kappa shape index (κ3) is 6.73. The zero-order chi connectivity index (χ0) is 14.3. The van der Waals surface area contributed by atoms with Gasteiger partial charge in [0.05, 0.1) is 11.4 Å². The number of carbonyl (C=O) groups is 1. The minimum absolute atomic E-state index is 0.000769. The van der Waals surface area contributed by atoms with E-state index in [4.69, 9.17) is 17.3 Å². The third-order valence-electron chi connectivity index (χ3n) is 2.43. The lowest BCUT2D eigenvalue weighted by Crippen LogP contribution is -2.12. The second-order valence-electron chi connectivity index (χ2n) is 4.85. The first-order chi connectivity index (χ1) is 8.99. The third-order valence-corrected chi connectivity index (χ3v) is 4.15. The van der Waals surface area contributed by atoms with Gasteiger partial charge in [-0.1, -0.05) is 25.4 Å². The van der Waals surface area contributed by atoms with Crippen LogP contribution in [0.2, 0.25) is 5.02 Å². The molecule has 0 unspecified atom stereocenters. The molecule has 3 nitrogen and oxygen atoms in total. The van der Waals surface area contributed by atoms with Gasteiger partial charge in [0.15, 0.2) is 0 Å². The Morgan fingerprint density at radius 2 is 2.21 bits per heavy atom. The maximum absolute atomic E-state index is 11.7. The van der Waals surface area contributed by atoms with E-state index in [9.17, 15) is 4.79 Å². The zero-order valence-electron chi connectivity index (χ0n) is 11.4. The standard InChI is InChI=1S/C14H21ClN2OS/c1-10(2)9-19-7-3-4-14(18)17-13-6-5-11(15)8-12(13)16/h5-6,8,10H,3-4,7,9,16H2,1-2H3,(H,17,18). The highest BCUT2D eigenvalue weighted by Gasteiger charge is 2.05. The summed E-state index contributed by atoms with van der Waals surface area (Å²) in [6, 6.07) is 5.07. The summed E-state index contributed by atoms with van der Waals surface area (Å²) in [5.41, 5.74) is 6.90. The maximum Gasteiger partial charge on any atom is 0.224 e. The first-order valence-electron chi connectivity index (χ1n) is 6.41. The highest BCUT2D eigenvalue weighted by atomic mass is 35.5. The number of nitrogens with one attached hydrogen (secondary N) is 1. The molecule has 5 heteroatoms. The molecule has 0 saturated carbocycles. The fourth-order valence-electron chi connectivity index (χ4n) is 1.51. The summed E-state index contributed by atoms with van der Waals surface area (Å²) in [6.45, 7) is 4.39. The summed E-state index contributed by atoms with van der Waals surface area (Å²) in [7, 11) is 0. The molecule has 3 N–H and O–H groups in total. The van der Waals surface area contributed by atoms with E-state index >= 15 is 0 Å². The van der Waals surface area contributed by atoms with Crippen LogP contribution in [0.25, 0.3) is 0 Å². The van der Waals surface area contributed by atoms with Crippen molar-refractivity contribution >= 4 is 40.6 Å². The number of hydrogen-bond acceptors (Lipinski definition) is 3. The summed E-state index contributed by atoms with van der Waals surface area (Å²) >= 11 is 7.69. The van der Waals surface area contributed by atoms with Crippen molar-refractivity contribution in [2.45, 2.75) is 26.7 Å². The van der Waals surface area contributed by atoms with E-state index in [1.807, 2.05) is 11.8 Å². The number of nitrogen functional groups attached to an aromatic ring is 1. The lowest BCUT2D eigenvalue weighted by Gasteiger charge is -2.08. The van der Waals surface area contributed by atoms with Gasteiger partial charge in [-0.15, -0.1) is 0 Å². The van der Waals surface area contributed by atoms with Crippen molar-refractivity contribution in [3.05, 3.63) is 23.2 Å². The normalized spacial score (nSPS) is 10.7. The predicted octanol–water partition coefficient (Wildman–Crippen LogP) is 4.03. The van der Waals surface area contributed by atoms with Crippen LogP contribution >= 0.6 is 23.4 Å². The molecule has 0 aromatic heterocycles. The van der Waals surface area contributed by atoms with Gasteiger partial charge < -0.3 is 11.1 Å². The average Bonchev–Trinajstić information content (AvgIpc) is 2.32. The first-order valence-corrected chi connectivity index (χ1v) is 7.95. The maximum atomic E-state index is 11.7. The number of carbonyl (C=O) groups excluding carboxylic acids is 1. The molecular weight excluding hydrogens is 280 g/mol. The quantitative estimate of drug-likeness (QED) is 0.590. The van der Waals surface area contributed by atoms with Crippen LogP contribution in [0.15, 0.2) is 18.2 Å². The summed E-state index contributed by atoms with van der Waals surface area (Å²) in [5, 5.41) is 3.38. The fourth-order valence-corrected chi connectivity index (χ4v) is 2.68. The number of halogens is 1. The molecule has 0 fully saturated rings. The SMILES string of the molecule is CC(C)CSCCCC(=O)Nc1ccc(Cl)cc1N. The van der Waals surface area contributed by atoms with Crippen LogP contribution in [-0.2, 0) is 4.79 Å². The Morgan fingerprint density at radius 1 is 1.47 bits per heavy atom. The molecule has 0 heterocycles. The summed E-state index contributed by atoms with van der Waals surface area (Å²) in [4.78, 5) is 11.7. The Bertz CT molecular complexity index is 424. The van der Waals surface area contributed by atoms with E-state index in [-0.39, 0.29) is 5.91 Å². The molecule has 1 rings (SSSR count). The molecule has 0 spiro atoms. The molecular formula is C14H21ClN2OS. The number of anilines is 2. The van der Waals surface area contributed by atoms with E-state index < -0.39 is 0 Å². The molecule has 19 heavy (non-hydrogen) atoms. The van der Waals surface area contributed by atoms with Crippen molar-refractivity contribution in [3.63, 3.8) is 0 Å². The topological polar surface area (TPSA) is 55.1 Å². The molecule has 0 saturated heterocycles. The van der Waals surface area contributed by atoms with Crippen molar-refractivity contribution in [3.8, 4) is 0 Å². The second-order valence-corrected chi connectivity index (χ2v) is 6.44. The Hall–Kier alpha value is -0.870. The van der Waals surface area contributed by atoms with E-state index in [0.717, 1.165) is 17.9 Å².